The Balaban J connectivity index is 1.35. The van der Waals surface area contributed by atoms with Crippen LogP contribution in [0.25, 0.3) is 6.08 Å². The molecule has 0 spiro atoms. The Bertz CT molecular complexity index is 1270. The molecule has 1 saturated heterocycles. The van der Waals surface area contributed by atoms with Gasteiger partial charge in [-0.3, -0.25) is 19.3 Å². The second kappa shape index (κ2) is 10.4. The lowest BCUT2D eigenvalue weighted by Crippen LogP contribution is -2.27. The molecular weight excluding hydrogens is 448 g/mol. The SMILES string of the molecule is Cc1cccc(CN2C(=O)S/C(=C\c3ccc(OCC(=O)Nc4ccccc4C)cc3)C2=O)c1. The Hall–Kier alpha value is -3.84. The van der Waals surface area contributed by atoms with Gasteiger partial charge in [-0.05, 0) is 66.6 Å². The fourth-order valence-corrected chi connectivity index (χ4v) is 4.33. The van der Waals surface area contributed by atoms with Gasteiger partial charge in [0.1, 0.15) is 5.75 Å². The van der Waals surface area contributed by atoms with Crippen LogP contribution in [-0.4, -0.2) is 28.6 Å². The van der Waals surface area contributed by atoms with Crippen LogP contribution in [0.1, 0.15) is 22.3 Å². The first-order valence-electron chi connectivity index (χ1n) is 10.8. The molecule has 1 fully saturated rings. The largest absolute Gasteiger partial charge is 0.484 e. The minimum Gasteiger partial charge on any atom is -0.484 e. The van der Waals surface area contributed by atoms with Crippen molar-refractivity contribution in [2.45, 2.75) is 20.4 Å². The van der Waals surface area contributed by atoms with Crippen LogP contribution in [-0.2, 0) is 16.1 Å². The van der Waals surface area contributed by atoms with Crippen molar-refractivity contribution in [2.24, 2.45) is 0 Å². The zero-order chi connectivity index (χ0) is 24.1. The van der Waals surface area contributed by atoms with Crippen molar-refractivity contribution in [3.63, 3.8) is 0 Å². The third kappa shape index (κ3) is 5.74. The van der Waals surface area contributed by atoms with Gasteiger partial charge in [-0.2, -0.15) is 0 Å². The number of amides is 3. The number of benzene rings is 3. The van der Waals surface area contributed by atoms with Crippen LogP contribution in [0.15, 0.2) is 77.7 Å². The van der Waals surface area contributed by atoms with Crippen molar-refractivity contribution in [1.29, 1.82) is 0 Å². The summed E-state index contributed by atoms with van der Waals surface area (Å²) in [6.07, 6.45) is 1.69. The number of carbonyl (C=O) groups is 3. The Morgan fingerprint density at radius 1 is 1.00 bits per heavy atom. The smallest absolute Gasteiger partial charge is 0.293 e. The van der Waals surface area contributed by atoms with Crippen LogP contribution in [0.3, 0.4) is 0 Å². The lowest BCUT2D eigenvalue weighted by molar-refractivity contribution is -0.123. The van der Waals surface area contributed by atoms with E-state index in [4.69, 9.17) is 4.74 Å². The molecule has 3 aromatic carbocycles. The highest BCUT2D eigenvalue weighted by molar-refractivity contribution is 8.18. The highest BCUT2D eigenvalue weighted by atomic mass is 32.2. The Morgan fingerprint density at radius 2 is 1.76 bits per heavy atom. The highest BCUT2D eigenvalue weighted by Crippen LogP contribution is 2.33. The van der Waals surface area contributed by atoms with E-state index in [2.05, 4.69) is 5.32 Å². The van der Waals surface area contributed by atoms with E-state index < -0.39 is 0 Å². The number of nitrogens with zero attached hydrogens (tertiary/aromatic N) is 1. The second-order valence-corrected chi connectivity index (χ2v) is 8.97. The van der Waals surface area contributed by atoms with Gasteiger partial charge in [-0.15, -0.1) is 0 Å². The summed E-state index contributed by atoms with van der Waals surface area (Å²) in [7, 11) is 0. The van der Waals surface area contributed by atoms with E-state index in [0.717, 1.165) is 39.7 Å². The lowest BCUT2D eigenvalue weighted by atomic mass is 10.1. The molecule has 1 N–H and O–H groups in total. The molecule has 3 aromatic rings. The number of ether oxygens (including phenoxy) is 1. The molecule has 0 bridgehead atoms. The minimum atomic E-state index is -0.301. The number of carbonyl (C=O) groups excluding carboxylic acids is 3. The van der Waals surface area contributed by atoms with Crippen molar-refractivity contribution in [3.8, 4) is 5.75 Å². The molecular formula is C27H24N2O4S. The first-order chi connectivity index (χ1) is 16.4. The summed E-state index contributed by atoms with van der Waals surface area (Å²) < 4.78 is 5.57. The molecule has 3 amide bonds. The third-order valence-corrected chi connectivity index (χ3v) is 6.17. The summed E-state index contributed by atoms with van der Waals surface area (Å²) in [5, 5.41) is 2.54. The molecule has 172 valence electrons. The van der Waals surface area contributed by atoms with E-state index in [9.17, 15) is 14.4 Å². The normalized spacial score (nSPS) is 14.5. The van der Waals surface area contributed by atoms with Crippen LogP contribution in [0.2, 0.25) is 0 Å². The summed E-state index contributed by atoms with van der Waals surface area (Å²) in [5.41, 5.74) is 4.48. The summed E-state index contributed by atoms with van der Waals surface area (Å²) in [4.78, 5) is 39.0. The predicted molar refractivity (Wildman–Crippen MR) is 134 cm³/mol. The number of nitrogens with one attached hydrogen (secondary N) is 1. The summed E-state index contributed by atoms with van der Waals surface area (Å²) in [5.74, 6) is -0.0185. The number of aryl methyl sites for hydroxylation is 2. The lowest BCUT2D eigenvalue weighted by Gasteiger charge is -2.12. The number of para-hydroxylation sites is 1. The molecule has 0 aromatic heterocycles. The molecule has 0 unspecified atom stereocenters. The first kappa shape index (κ1) is 23.3. The van der Waals surface area contributed by atoms with Crippen molar-refractivity contribution >= 4 is 40.6 Å². The average Bonchev–Trinajstić information content (AvgIpc) is 3.07. The van der Waals surface area contributed by atoms with Gasteiger partial charge in [0, 0.05) is 5.69 Å². The number of imide groups is 1. The van der Waals surface area contributed by atoms with E-state index in [1.165, 1.54) is 4.90 Å². The van der Waals surface area contributed by atoms with Gasteiger partial charge in [0.25, 0.3) is 17.1 Å². The highest BCUT2D eigenvalue weighted by Gasteiger charge is 2.34. The van der Waals surface area contributed by atoms with Crippen molar-refractivity contribution in [2.75, 3.05) is 11.9 Å². The monoisotopic (exact) mass is 472 g/mol. The number of thioether (sulfide) groups is 1. The number of anilines is 1. The van der Waals surface area contributed by atoms with Gasteiger partial charge in [-0.25, -0.2) is 0 Å². The van der Waals surface area contributed by atoms with Crippen LogP contribution in [0.4, 0.5) is 10.5 Å². The van der Waals surface area contributed by atoms with E-state index in [1.807, 2.05) is 62.4 Å². The number of rotatable bonds is 7. The van der Waals surface area contributed by atoms with Crippen LogP contribution >= 0.6 is 11.8 Å². The third-order valence-electron chi connectivity index (χ3n) is 5.26. The van der Waals surface area contributed by atoms with Gasteiger partial charge in [0.2, 0.25) is 0 Å². The number of hydrogen-bond donors (Lipinski definition) is 1. The summed E-state index contributed by atoms with van der Waals surface area (Å²) in [6.45, 7) is 4.03. The molecule has 4 rings (SSSR count). The van der Waals surface area contributed by atoms with Gasteiger partial charge in [0.05, 0.1) is 11.4 Å². The van der Waals surface area contributed by atoms with Crippen LogP contribution in [0.5, 0.6) is 5.75 Å². The summed E-state index contributed by atoms with van der Waals surface area (Å²) >= 11 is 0.935. The van der Waals surface area contributed by atoms with Gasteiger partial charge >= 0.3 is 0 Å². The molecule has 7 heteroatoms. The second-order valence-electron chi connectivity index (χ2n) is 7.98. The molecule has 1 heterocycles. The minimum absolute atomic E-state index is 0.120. The fourth-order valence-electron chi connectivity index (χ4n) is 3.49. The molecule has 0 radical (unpaired) electrons. The first-order valence-corrected chi connectivity index (χ1v) is 11.6. The van der Waals surface area contributed by atoms with E-state index in [-0.39, 0.29) is 30.2 Å². The predicted octanol–water partition coefficient (Wildman–Crippen LogP) is 5.56. The maximum Gasteiger partial charge on any atom is 0.293 e. The zero-order valence-corrected chi connectivity index (χ0v) is 19.7. The zero-order valence-electron chi connectivity index (χ0n) is 18.9. The van der Waals surface area contributed by atoms with Crippen LogP contribution < -0.4 is 10.1 Å². The maximum absolute atomic E-state index is 12.8. The summed E-state index contributed by atoms with van der Waals surface area (Å²) in [6, 6.07) is 22.3. The van der Waals surface area contributed by atoms with Crippen LogP contribution in [0, 0.1) is 13.8 Å². The molecule has 0 atom stereocenters. The van der Waals surface area contributed by atoms with E-state index in [0.29, 0.717) is 10.7 Å². The topological polar surface area (TPSA) is 75.7 Å². The van der Waals surface area contributed by atoms with Crippen molar-refractivity contribution in [3.05, 3.63) is 100.0 Å². The molecule has 0 saturated carbocycles. The van der Waals surface area contributed by atoms with Gasteiger partial charge in [0.15, 0.2) is 6.61 Å². The quantitative estimate of drug-likeness (QED) is 0.456. The molecule has 0 aliphatic carbocycles. The Morgan fingerprint density at radius 3 is 2.50 bits per heavy atom. The van der Waals surface area contributed by atoms with E-state index >= 15 is 0 Å². The average molecular weight is 473 g/mol. The van der Waals surface area contributed by atoms with Crippen molar-refractivity contribution in [1.82, 2.24) is 4.90 Å². The van der Waals surface area contributed by atoms with Gasteiger partial charge < -0.3 is 10.1 Å². The maximum atomic E-state index is 12.8. The standard InChI is InChI=1S/C27H24N2O4S/c1-18-6-5-8-21(14-18)16-29-26(31)24(34-27(29)32)15-20-10-12-22(13-11-20)33-17-25(30)28-23-9-4-3-7-19(23)2/h3-15H,16-17H2,1-2H3,(H,28,30)/b24-15-. The fraction of sp³-hybridized carbons (Fsp3) is 0.148. The van der Waals surface area contributed by atoms with E-state index in [1.54, 1.807) is 30.3 Å². The van der Waals surface area contributed by atoms with Crippen molar-refractivity contribution < 1.29 is 19.1 Å². The molecule has 1 aliphatic rings. The molecule has 1 aliphatic heterocycles. The Labute approximate surface area is 202 Å². The van der Waals surface area contributed by atoms with Gasteiger partial charge in [-0.1, -0.05) is 60.2 Å². The molecule has 6 nitrogen and oxygen atoms in total. The molecule has 34 heavy (non-hydrogen) atoms. The Kier molecular flexibility index (Phi) is 7.13. The number of hydrogen-bond acceptors (Lipinski definition) is 5.